The van der Waals surface area contributed by atoms with Gasteiger partial charge in [0.05, 0.1) is 5.69 Å². The second kappa shape index (κ2) is 9.45. The van der Waals surface area contributed by atoms with Crippen LogP contribution in [0.2, 0.25) is 0 Å². The minimum absolute atomic E-state index is 0.206. The number of benzene rings is 2. The Balaban J connectivity index is 1.70. The van der Waals surface area contributed by atoms with Crippen LogP contribution in [0, 0.1) is 5.82 Å². The van der Waals surface area contributed by atoms with E-state index in [1.807, 2.05) is 37.4 Å². The van der Waals surface area contributed by atoms with Gasteiger partial charge in [0.1, 0.15) is 5.82 Å². The van der Waals surface area contributed by atoms with Crippen molar-refractivity contribution in [1.29, 1.82) is 0 Å². The van der Waals surface area contributed by atoms with Crippen LogP contribution in [0.1, 0.15) is 50.7 Å². The molecule has 3 aromatic rings. The van der Waals surface area contributed by atoms with Crippen LogP contribution in [0.5, 0.6) is 0 Å². The van der Waals surface area contributed by atoms with E-state index in [1.54, 1.807) is 6.07 Å². The summed E-state index contributed by atoms with van der Waals surface area (Å²) >= 11 is 0. The number of aryl methyl sites for hydroxylation is 2. The predicted molar refractivity (Wildman–Crippen MR) is 112 cm³/mol. The largest absolute Gasteiger partial charge is 0.256 e. The molecule has 0 amide bonds. The van der Waals surface area contributed by atoms with Gasteiger partial charge in [-0.15, -0.1) is 0 Å². The van der Waals surface area contributed by atoms with Gasteiger partial charge in [0, 0.05) is 17.3 Å². The second-order valence-corrected chi connectivity index (χ2v) is 7.11. The van der Waals surface area contributed by atoms with E-state index < -0.39 is 0 Å². The highest BCUT2D eigenvalue weighted by molar-refractivity contribution is 5.67. The van der Waals surface area contributed by atoms with Crippen molar-refractivity contribution in [2.24, 2.45) is 0 Å². The SMILES string of the molecule is CCCCCCc1ccc(-c2ccc(-c3ccc(CC)cc3F)nc2)cc1. The van der Waals surface area contributed by atoms with E-state index in [2.05, 4.69) is 36.2 Å². The number of halogens is 1. The first-order chi connectivity index (χ1) is 13.2. The fraction of sp³-hybridized carbons (Fsp3) is 0.320. The molecule has 0 bridgehead atoms. The van der Waals surface area contributed by atoms with Gasteiger partial charge in [0.2, 0.25) is 0 Å². The standard InChI is InChI=1S/C25H28FN/c1-3-5-6-7-8-20-9-12-21(13-10-20)22-14-16-25(27-18-22)23-15-11-19(4-2)17-24(23)26/h9-18H,3-8H2,1-2H3. The van der Waals surface area contributed by atoms with E-state index in [0.29, 0.717) is 11.3 Å². The van der Waals surface area contributed by atoms with Crippen molar-refractivity contribution >= 4 is 0 Å². The Kier molecular flexibility index (Phi) is 6.75. The summed E-state index contributed by atoms with van der Waals surface area (Å²) in [7, 11) is 0. The number of rotatable bonds is 8. The van der Waals surface area contributed by atoms with E-state index >= 15 is 0 Å². The normalized spacial score (nSPS) is 10.9. The summed E-state index contributed by atoms with van der Waals surface area (Å²) in [6.45, 7) is 4.26. The molecule has 2 aromatic carbocycles. The maximum atomic E-state index is 14.3. The summed E-state index contributed by atoms with van der Waals surface area (Å²) in [5.74, 6) is -0.206. The Bertz CT molecular complexity index is 850. The van der Waals surface area contributed by atoms with Gasteiger partial charge in [0.15, 0.2) is 0 Å². The van der Waals surface area contributed by atoms with Crippen LogP contribution < -0.4 is 0 Å². The Morgan fingerprint density at radius 1 is 0.778 bits per heavy atom. The lowest BCUT2D eigenvalue weighted by atomic mass is 10.0. The summed E-state index contributed by atoms with van der Waals surface area (Å²) in [5.41, 5.74) is 5.82. The van der Waals surface area contributed by atoms with Crippen molar-refractivity contribution in [3.05, 3.63) is 77.7 Å². The van der Waals surface area contributed by atoms with Crippen LogP contribution in [-0.2, 0) is 12.8 Å². The summed E-state index contributed by atoms with van der Waals surface area (Å²) in [6, 6.07) is 18.0. The number of aromatic nitrogens is 1. The van der Waals surface area contributed by atoms with Crippen molar-refractivity contribution in [2.75, 3.05) is 0 Å². The Hall–Kier alpha value is -2.48. The first-order valence-electron chi connectivity index (χ1n) is 10.1. The van der Waals surface area contributed by atoms with Crippen LogP contribution in [0.15, 0.2) is 60.8 Å². The van der Waals surface area contributed by atoms with Crippen molar-refractivity contribution in [1.82, 2.24) is 4.98 Å². The van der Waals surface area contributed by atoms with Gasteiger partial charge in [-0.1, -0.05) is 69.5 Å². The summed E-state index contributed by atoms with van der Waals surface area (Å²) in [4.78, 5) is 4.49. The molecule has 140 valence electrons. The third-order valence-corrected chi connectivity index (χ3v) is 5.09. The molecule has 1 heterocycles. The molecule has 0 aliphatic carbocycles. The average Bonchev–Trinajstić information content (AvgIpc) is 2.72. The Labute approximate surface area is 162 Å². The molecule has 0 spiro atoms. The number of nitrogens with zero attached hydrogens (tertiary/aromatic N) is 1. The van der Waals surface area contributed by atoms with Gasteiger partial charge in [-0.25, -0.2) is 4.39 Å². The third-order valence-electron chi connectivity index (χ3n) is 5.09. The van der Waals surface area contributed by atoms with Crippen LogP contribution in [0.4, 0.5) is 4.39 Å². The smallest absolute Gasteiger partial charge is 0.132 e. The maximum absolute atomic E-state index is 14.3. The molecule has 0 fully saturated rings. The molecule has 0 saturated heterocycles. The molecule has 1 aromatic heterocycles. The Morgan fingerprint density at radius 2 is 1.52 bits per heavy atom. The van der Waals surface area contributed by atoms with Crippen LogP contribution in [0.3, 0.4) is 0 Å². The van der Waals surface area contributed by atoms with Gasteiger partial charge in [-0.3, -0.25) is 4.98 Å². The average molecular weight is 362 g/mol. The highest BCUT2D eigenvalue weighted by Gasteiger charge is 2.08. The first-order valence-corrected chi connectivity index (χ1v) is 10.1. The van der Waals surface area contributed by atoms with Gasteiger partial charge >= 0.3 is 0 Å². The lowest BCUT2D eigenvalue weighted by Gasteiger charge is -2.07. The zero-order chi connectivity index (χ0) is 19.1. The summed E-state index contributed by atoms with van der Waals surface area (Å²) in [6.07, 6.45) is 8.96. The molecule has 0 N–H and O–H groups in total. The number of hydrogen-bond donors (Lipinski definition) is 0. The van der Waals surface area contributed by atoms with E-state index in [4.69, 9.17) is 0 Å². The van der Waals surface area contributed by atoms with E-state index in [0.717, 1.165) is 29.5 Å². The molecule has 0 aliphatic heterocycles. The number of unbranched alkanes of at least 4 members (excludes halogenated alkanes) is 3. The minimum atomic E-state index is -0.206. The molecule has 0 atom stereocenters. The first kappa shape index (κ1) is 19.3. The molecule has 3 rings (SSSR count). The Morgan fingerprint density at radius 3 is 2.15 bits per heavy atom. The fourth-order valence-electron chi connectivity index (χ4n) is 3.33. The molecule has 0 radical (unpaired) electrons. The van der Waals surface area contributed by atoms with Crippen molar-refractivity contribution in [2.45, 2.75) is 52.4 Å². The lowest BCUT2D eigenvalue weighted by molar-refractivity contribution is 0.628. The molecule has 2 heteroatoms. The van der Waals surface area contributed by atoms with E-state index in [9.17, 15) is 4.39 Å². The molecular formula is C25H28FN. The minimum Gasteiger partial charge on any atom is -0.256 e. The molecular weight excluding hydrogens is 333 g/mol. The zero-order valence-corrected chi connectivity index (χ0v) is 16.3. The molecule has 27 heavy (non-hydrogen) atoms. The fourth-order valence-corrected chi connectivity index (χ4v) is 3.33. The van der Waals surface area contributed by atoms with Crippen molar-refractivity contribution in [3.63, 3.8) is 0 Å². The number of pyridine rings is 1. The highest BCUT2D eigenvalue weighted by Crippen LogP contribution is 2.25. The second-order valence-electron chi connectivity index (χ2n) is 7.11. The van der Waals surface area contributed by atoms with Gasteiger partial charge in [-0.05, 0) is 54.2 Å². The monoisotopic (exact) mass is 361 g/mol. The maximum Gasteiger partial charge on any atom is 0.132 e. The number of hydrogen-bond acceptors (Lipinski definition) is 1. The molecule has 0 saturated carbocycles. The van der Waals surface area contributed by atoms with Crippen molar-refractivity contribution < 1.29 is 4.39 Å². The van der Waals surface area contributed by atoms with Crippen LogP contribution >= 0.6 is 0 Å². The van der Waals surface area contributed by atoms with E-state index in [1.165, 1.54) is 31.2 Å². The van der Waals surface area contributed by atoms with Crippen LogP contribution in [-0.4, -0.2) is 4.98 Å². The predicted octanol–water partition coefficient (Wildman–Crippen LogP) is 7.24. The quantitative estimate of drug-likeness (QED) is 0.385. The molecule has 1 nitrogen and oxygen atoms in total. The lowest BCUT2D eigenvalue weighted by Crippen LogP contribution is -1.91. The summed E-state index contributed by atoms with van der Waals surface area (Å²) in [5, 5.41) is 0. The topological polar surface area (TPSA) is 12.9 Å². The van der Waals surface area contributed by atoms with Crippen LogP contribution in [0.25, 0.3) is 22.4 Å². The van der Waals surface area contributed by atoms with Gasteiger partial charge in [0.25, 0.3) is 0 Å². The van der Waals surface area contributed by atoms with Crippen molar-refractivity contribution in [3.8, 4) is 22.4 Å². The molecule has 0 unspecified atom stereocenters. The molecule has 0 aliphatic rings. The summed E-state index contributed by atoms with van der Waals surface area (Å²) < 4.78 is 14.3. The van der Waals surface area contributed by atoms with E-state index in [-0.39, 0.29) is 5.82 Å². The van der Waals surface area contributed by atoms with Gasteiger partial charge in [-0.2, -0.15) is 0 Å². The zero-order valence-electron chi connectivity index (χ0n) is 16.3. The third kappa shape index (κ3) is 5.03. The highest BCUT2D eigenvalue weighted by atomic mass is 19.1. The van der Waals surface area contributed by atoms with Gasteiger partial charge < -0.3 is 0 Å².